The highest BCUT2D eigenvalue weighted by molar-refractivity contribution is 7.13. The highest BCUT2D eigenvalue weighted by Crippen LogP contribution is 2.27. The van der Waals surface area contributed by atoms with Crippen LogP contribution in [0.5, 0.6) is 0 Å². The lowest BCUT2D eigenvalue weighted by Crippen LogP contribution is -2.40. The average Bonchev–Trinajstić information content (AvgIpc) is 2.82. The Kier molecular flexibility index (Phi) is 6.05. The lowest BCUT2D eigenvalue weighted by molar-refractivity contribution is 0.199. The van der Waals surface area contributed by atoms with Crippen molar-refractivity contribution in [3.05, 3.63) is 11.1 Å². The van der Waals surface area contributed by atoms with E-state index in [4.69, 9.17) is 4.74 Å². The van der Waals surface area contributed by atoms with Crippen LogP contribution in [0.4, 0.5) is 5.13 Å². The van der Waals surface area contributed by atoms with E-state index in [1.807, 2.05) is 0 Å². The van der Waals surface area contributed by atoms with Gasteiger partial charge in [0.15, 0.2) is 5.13 Å². The largest absolute Gasteiger partial charge is 0.383 e. The fourth-order valence-electron chi connectivity index (χ4n) is 1.42. The number of aromatic nitrogens is 1. The van der Waals surface area contributed by atoms with E-state index in [1.54, 1.807) is 18.4 Å². The molecule has 0 bridgehead atoms. The number of hydrogen-bond donors (Lipinski definition) is 1. The van der Waals surface area contributed by atoms with Gasteiger partial charge in [-0.3, -0.25) is 0 Å². The molecule has 0 aliphatic carbocycles. The SMILES string of the molecule is CCC(C)(C)N(C)c1nc(CNCCOC)cs1. The molecule has 1 heterocycles. The zero-order valence-corrected chi connectivity index (χ0v) is 12.9. The molecule has 0 saturated heterocycles. The summed E-state index contributed by atoms with van der Waals surface area (Å²) in [6, 6.07) is 0. The summed E-state index contributed by atoms with van der Waals surface area (Å²) in [6.07, 6.45) is 1.10. The highest BCUT2D eigenvalue weighted by Gasteiger charge is 2.23. The van der Waals surface area contributed by atoms with Crippen LogP contribution in [0, 0.1) is 0 Å². The van der Waals surface area contributed by atoms with Crippen molar-refractivity contribution in [2.75, 3.05) is 32.2 Å². The van der Waals surface area contributed by atoms with Crippen molar-refractivity contribution in [2.24, 2.45) is 0 Å². The monoisotopic (exact) mass is 271 g/mol. The molecule has 0 atom stereocenters. The topological polar surface area (TPSA) is 37.4 Å². The summed E-state index contributed by atoms with van der Waals surface area (Å²) in [7, 11) is 3.83. The molecule has 0 spiro atoms. The molecule has 0 radical (unpaired) electrons. The number of methoxy groups -OCH3 is 1. The molecular formula is C13H25N3OS. The van der Waals surface area contributed by atoms with E-state index in [0.717, 1.165) is 36.9 Å². The average molecular weight is 271 g/mol. The first-order chi connectivity index (χ1) is 8.51. The maximum atomic E-state index is 4.99. The molecule has 1 aromatic heterocycles. The Bertz CT molecular complexity index is 352. The van der Waals surface area contributed by atoms with E-state index < -0.39 is 0 Å². The molecule has 0 aliphatic heterocycles. The number of thiazole rings is 1. The fraction of sp³-hybridized carbons (Fsp3) is 0.769. The Labute approximate surface area is 114 Å². The van der Waals surface area contributed by atoms with Gasteiger partial charge < -0.3 is 15.0 Å². The second-order valence-electron chi connectivity index (χ2n) is 5.02. The number of nitrogens with one attached hydrogen (secondary N) is 1. The van der Waals surface area contributed by atoms with Crippen LogP contribution >= 0.6 is 11.3 Å². The van der Waals surface area contributed by atoms with Gasteiger partial charge in [-0.05, 0) is 20.3 Å². The van der Waals surface area contributed by atoms with Gasteiger partial charge in [0, 0.05) is 38.2 Å². The fourth-order valence-corrected chi connectivity index (χ4v) is 2.37. The zero-order chi connectivity index (χ0) is 13.6. The Morgan fingerprint density at radius 1 is 1.50 bits per heavy atom. The van der Waals surface area contributed by atoms with Crippen LogP contribution in [0.1, 0.15) is 32.9 Å². The Hall–Kier alpha value is -0.650. The van der Waals surface area contributed by atoms with E-state index in [-0.39, 0.29) is 5.54 Å². The molecule has 0 saturated carbocycles. The first-order valence-corrected chi connectivity index (χ1v) is 7.27. The van der Waals surface area contributed by atoms with Crippen molar-refractivity contribution in [2.45, 2.75) is 39.3 Å². The summed E-state index contributed by atoms with van der Waals surface area (Å²) in [6.45, 7) is 9.09. The van der Waals surface area contributed by atoms with Crippen LogP contribution in [-0.4, -0.2) is 37.8 Å². The normalized spacial score (nSPS) is 11.8. The van der Waals surface area contributed by atoms with Crippen molar-refractivity contribution in [1.29, 1.82) is 0 Å². The molecule has 0 amide bonds. The smallest absolute Gasteiger partial charge is 0.185 e. The van der Waals surface area contributed by atoms with Gasteiger partial charge in [0.1, 0.15) is 0 Å². The van der Waals surface area contributed by atoms with Gasteiger partial charge in [0.2, 0.25) is 0 Å². The van der Waals surface area contributed by atoms with Crippen LogP contribution in [0.3, 0.4) is 0 Å². The maximum Gasteiger partial charge on any atom is 0.185 e. The summed E-state index contributed by atoms with van der Waals surface area (Å²) in [4.78, 5) is 6.92. The summed E-state index contributed by atoms with van der Waals surface area (Å²) in [5, 5.41) is 6.52. The maximum absolute atomic E-state index is 4.99. The molecule has 0 aliphatic rings. The van der Waals surface area contributed by atoms with Crippen LogP contribution in [0.15, 0.2) is 5.38 Å². The number of hydrogen-bond acceptors (Lipinski definition) is 5. The van der Waals surface area contributed by atoms with E-state index in [2.05, 4.69) is 48.4 Å². The molecule has 0 aromatic carbocycles. The predicted octanol–water partition coefficient (Wildman–Crippen LogP) is 2.50. The van der Waals surface area contributed by atoms with Gasteiger partial charge in [-0.2, -0.15) is 0 Å². The van der Waals surface area contributed by atoms with E-state index in [1.165, 1.54) is 0 Å². The van der Waals surface area contributed by atoms with Gasteiger partial charge in [-0.15, -0.1) is 11.3 Å². The summed E-state index contributed by atoms with van der Waals surface area (Å²) < 4.78 is 4.99. The molecule has 1 N–H and O–H groups in total. The third-order valence-electron chi connectivity index (χ3n) is 3.39. The van der Waals surface area contributed by atoms with Crippen molar-refractivity contribution in [3.63, 3.8) is 0 Å². The summed E-state index contributed by atoms with van der Waals surface area (Å²) in [5.41, 5.74) is 1.25. The Morgan fingerprint density at radius 3 is 2.83 bits per heavy atom. The van der Waals surface area contributed by atoms with E-state index in [0.29, 0.717) is 0 Å². The highest BCUT2D eigenvalue weighted by atomic mass is 32.1. The van der Waals surface area contributed by atoms with Gasteiger partial charge in [0.25, 0.3) is 0 Å². The van der Waals surface area contributed by atoms with Gasteiger partial charge in [-0.1, -0.05) is 6.92 Å². The molecule has 4 nitrogen and oxygen atoms in total. The molecule has 1 aromatic rings. The quantitative estimate of drug-likeness (QED) is 0.737. The van der Waals surface area contributed by atoms with Crippen molar-refractivity contribution in [1.82, 2.24) is 10.3 Å². The Morgan fingerprint density at radius 2 is 2.22 bits per heavy atom. The van der Waals surface area contributed by atoms with Gasteiger partial charge in [0.05, 0.1) is 12.3 Å². The van der Waals surface area contributed by atoms with E-state index >= 15 is 0 Å². The molecule has 18 heavy (non-hydrogen) atoms. The number of ether oxygens (including phenoxy) is 1. The molecule has 0 fully saturated rings. The third kappa shape index (κ3) is 4.23. The van der Waals surface area contributed by atoms with Crippen molar-refractivity contribution >= 4 is 16.5 Å². The number of nitrogens with zero attached hydrogens (tertiary/aromatic N) is 2. The van der Waals surface area contributed by atoms with Crippen molar-refractivity contribution in [3.8, 4) is 0 Å². The predicted molar refractivity (Wildman–Crippen MR) is 78.5 cm³/mol. The van der Waals surface area contributed by atoms with Gasteiger partial charge >= 0.3 is 0 Å². The van der Waals surface area contributed by atoms with Gasteiger partial charge in [-0.25, -0.2) is 4.98 Å². The molecule has 5 heteroatoms. The Balaban J connectivity index is 2.52. The molecule has 0 unspecified atom stereocenters. The lowest BCUT2D eigenvalue weighted by Gasteiger charge is -2.34. The van der Waals surface area contributed by atoms with Crippen LogP contribution in [0.2, 0.25) is 0 Å². The molecule has 104 valence electrons. The number of rotatable bonds is 8. The summed E-state index contributed by atoms with van der Waals surface area (Å²) in [5.74, 6) is 0. The van der Waals surface area contributed by atoms with Crippen LogP contribution in [-0.2, 0) is 11.3 Å². The lowest BCUT2D eigenvalue weighted by atomic mass is 10.0. The molecular weight excluding hydrogens is 246 g/mol. The first kappa shape index (κ1) is 15.4. The standard InChI is InChI=1S/C13H25N3OS/c1-6-13(2,3)16(4)12-15-11(10-18-12)9-14-7-8-17-5/h10,14H,6-9H2,1-5H3. The van der Waals surface area contributed by atoms with E-state index in [9.17, 15) is 0 Å². The zero-order valence-electron chi connectivity index (χ0n) is 12.1. The first-order valence-electron chi connectivity index (χ1n) is 6.39. The number of anilines is 1. The summed E-state index contributed by atoms with van der Waals surface area (Å²) >= 11 is 1.71. The third-order valence-corrected chi connectivity index (χ3v) is 4.35. The minimum atomic E-state index is 0.151. The van der Waals surface area contributed by atoms with Crippen molar-refractivity contribution < 1.29 is 4.74 Å². The van der Waals surface area contributed by atoms with Crippen LogP contribution in [0.25, 0.3) is 0 Å². The minimum Gasteiger partial charge on any atom is -0.383 e. The molecule has 1 rings (SSSR count). The minimum absolute atomic E-state index is 0.151. The second kappa shape index (κ2) is 7.07. The van der Waals surface area contributed by atoms with Crippen LogP contribution < -0.4 is 10.2 Å². The second-order valence-corrected chi connectivity index (χ2v) is 5.85.